The van der Waals surface area contributed by atoms with Gasteiger partial charge in [0.2, 0.25) is 5.91 Å². The molecule has 0 aromatic heterocycles. The zero-order valence-corrected chi connectivity index (χ0v) is 26.3. The molecule has 2 amide bonds. The lowest BCUT2D eigenvalue weighted by Gasteiger charge is -2.70. The largest absolute Gasteiger partial charge is 0.496 e. The van der Waals surface area contributed by atoms with Gasteiger partial charge in [-0.3, -0.25) is 14.4 Å². The molecule has 7 unspecified atom stereocenters. The lowest BCUT2D eigenvalue weighted by Crippen LogP contribution is -2.78. The number of nitrogens with zero attached hydrogens (tertiary/aromatic N) is 3. The number of methoxy groups -OCH3 is 2. The molecule has 1 aromatic carbocycles. The van der Waals surface area contributed by atoms with Crippen molar-refractivity contribution in [3.05, 3.63) is 71.1 Å². The van der Waals surface area contributed by atoms with E-state index in [9.17, 15) is 19.5 Å². The Morgan fingerprint density at radius 3 is 2.61 bits per heavy atom. The number of carboxylic acid groups (broad SMARTS) is 1. The Kier molecular flexibility index (Phi) is 7.62. The fraction of sp³-hybridized carbons (Fsp3) is 0.514. The van der Waals surface area contributed by atoms with Crippen molar-refractivity contribution < 1.29 is 29.0 Å². The van der Waals surface area contributed by atoms with E-state index in [-0.39, 0.29) is 42.3 Å². The average molecular weight is 628 g/mol. The summed E-state index contributed by atoms with van der Waals surface area (Å²) in [5, 5.41) is 22.7. The third kappa shape index (κ3) is 4.45. The Labute approximate surface area is 268 Å². The first-order valence-electron chi connectivity index (χ1n) is 16.2. The number of nitrogens with two attached hydrogens (primary N) is 1. The Morgan fingerprint density at radius 2 is 1.93 bits per heavy atom. The highest BCUT2D eigenvalue weighted by Crippen LogP contribution is 2.69. The third-order valence-corrected chi connectivity index (χ3v) is 11.3. The number of rotatable bonds is 9. The topological polar surface area (TPSA) is 156 Å². The molecule has 11 nitrogen and oxygen atoms in total. The number of hydrogen-bond donors (Lipinski definition) is 3. The van der Waals surface area contributed by atoms with Gasteiger partial charge in [-0.1, -0.05) is 24.3 Å². The minimum absolute atomic E-state index is 0.0476. The monoisotopic (exact) mass is 627 g/mol. The highest BCUT2D eigenvalue weighted by atomic mass is 16.5. The molecular formula is C35H41N5O6. The minimum atomic E-state index is -1.14. The van der Waals surface area contributed by atoms with E-state index in [1.807, 2.05) is 35.3 Å². The van der Waals surface area contributed by atoms with Gasteiger partial charge in [-0.25, -0.2) is 0 Å². The number of benzene rings is 1. The number of fused-ring (bicyclic) bond motifs is 1. The summed E-state index contributed by atoms with van der Waals surface area (Å²) in [6.07, 6.45) is 14.8. The van der Waals surface area contributed by atoms with E-state index in [1.165, 1.54) is 0 Å². The number of nitrogens with one attached hydrogen (secondary N) is 1. The summed E-state index contributed by atoms with van der Waals surface area (Å²) < 4.78 is 11.9. The van der Waals surface area contributed by atoms with Gasteiger partial charge in [0, 0.05) is 28.6 Å². The van der Waals surface area contributed by atoms with Crippen molar-refractivity contribution in [3.63, 3.8) is 0 Å². The molecule has 7 atom stereocenters. The average Bonchev–Trinajstić information content (AvgIpc) is 3.61. The number of amides is 2. The molecule has 7 aliphatic rings. The van der Waals surface area contributed by atoms with Crippen LogP contribution in [0.2, 0.25) is 0 Å². The maximum absolute atomic E-state index is 14.9. The molecule has 0 radical (unpaired) electrons. The van der Waals surface area contributed by atoms with Gasteiger partial charge >= 0.3 is 5.97 Å². The van der Waals surface area contributed by atoms with Crippen LogP contribution in [0, 0.1) is 23.7 Å². The summed E-state index contributed by atoms with van der Waals surface area (Å²) in [6.45, 7) is 0.0764. The predicted molar refractivity (Wildman–Crippen MR) is 169 cm³/mol. The second kappa shape index (κ2) is 11.5. The number of azo groups is 1. The zero-order chi connectivity index (χ0) is 32.2. The molecule has 0 saturated heterocycles. The van der Waals surface area contributed by atoms with E-state index >= 15 is 0 Å². The number of ether oxygens (including phenoxy) is 2. The number of hydrogen-bond acceptors (Lipinski definition) is 8. The molecule has 1 heterocycles. The van der Waals surface area contributed by atoms with Crippen molar-refractivity contribution in [1.29, 1.82) is 0 Å². The van der Waals surface area contributed by atoms with Gasteiger partial charge in [-0.05, 0) is 86.6 Å². The van der Waals surface area contributed by atoms with E-state index in [4.69, 9.17) is 15.2 Å². The van der Waals surface area contributed by atoms with Crippen molar-refractivity contribution in [1.82, 2.24) is 10.2 Å². The van der Waals surface area contributed by atoms with Crippen LogP contribution in [0.5, 0.6) is 11.5 Å². The SMILES string of the molecule is COc1cccc(OC)c1C12CC3CC(C1NC(=O)CN)C(C(=O)O)C(N(C(=O)C1=CCN=N1)C1=CC=CC4=CCCCC41)(C3)C2. The van der Waals surface area contributed by atoms with Crippen LogP contribution in [0.25, 0.3) is 0 Å². The van der Waals surface area contributed by atoms with Gasteiger partial charge in [0.25, 0.3) is 5.91 Å². The lowest BCUT2D eigenvalue weighted by molar-refractivity contribution is -0.188. The van der Waals surface area contributed by atoms with E-state index < -0.39 is 34.8 Å². The standard InChI is InChI=1S/C35H41N5O6/c1-45-26-11-6-12-27(46-2)30(26)34-16-20-15-23(31(34)38-28(41)18-36)29(33(43)44)35(17-20,19-34)40(32(42)24-13-14-37-39-24)25-10-5-8-21-7-3-4-9-22(21)25/h5-8,10-13,20,22-23,29,31H,3-4,9,14-19,36H2,1-2H3,(H,38,41)(H,43,44). The molecule has 8 rings (SSSR count). The van der Waals surface area contributed by atoms with Crippen LogP contribution in [0.15, 0.2) is 75.8 Å². The molecule has 4 N–H and O–H groups in total. The molecule has 0 spiro atoms. The molecular weight excluding hydrogens is 586 g/mol. The number of carbonyl (C=O) groups is 3. The second-order valence-corrected chi connectivity index (χ2v) is 13.5. The highest BCUT2D eigenvalue weighted by Gasteiger charge is 2.73. The molecule has 1 aromatic rings. The smallest absolute Gasteiger partial charge is 0.309 e. The van der Waals surface area contributed by atoms with Gasteiger partial charge in [0.1, 0.15) is 17.2 Å². The lowest BCUT2D eigenvalue weighted by atomic mass is 9.39. The highest BCUT2D eigenvalue weighted by molar-refractivity contribution is 5.96. The summed E-state index contributed by atoms with van der Waals surface area (Å²) in [6, 6.07) is 5.03. The van der Waals surface area contributed by atoms with E-state index in [0.717, 1.165) is 36.1 Å². The van der Waals surface area contributed by atoms with E-state index in [1.54, 1.807) is 20.3 Å². The molecule has 1 aliphatic heterocycles. The normalized spacial score (nSPS) is 33.5. The fourth-order valence-electron chi connectivity index (χ4n) is 10.1. The predicted octanol–water partition coefficient (Wildman–Crippen LogP) is 4.02. The van der Waals surface area contributed by atoms with Crippen molar-refractivity contribution >= 4 is 17.8 Å². The van der Waals surface area contributed by atoms with Crippen molar-refractivity contribution in [2.24, 2.45) is 39.6 Å². The Balaban J connectivity index is 1.49. The van der Waals surface area contributed by atoms with Crippen LogP contribution in [0.1, 0.15) is 50.5 Å². The third-order valence-electron chi connectivity index (χ3n) is 11.3. The molecule has 4 saturated carbocycles. The van der Waals surface area contributed by atoms with Crippen LogP contribution >= 0.6 is 0 Å². The second-order valence-electron chi connectivity index (χ2n) is 13.5. The number of aliphatic carboxylic acids is 1. The number of carboxylic acids is 1. The quantitative estimate of drug-likeness (QED) is 0.373. The summed E-state index contributed by atoms with van der Waals surface area (Å²) in [5.41, 5.74) is 6.85. The van der Waals surface area contributed by atoms with Crippen LogP contribution in [0.4, 0.5) is 0 Å². The van der Waals surface area contributed by atoms with Gasteiger partial charge in [0.05, 0.1) is 38.8 Å². The number of allylic oxidation sites excluding steroid dienone is 5. The van der Waals surface area contributed by atoms with Crippen LogP contribution < -0.4 is 20.5 Å². The van der Waals surface area contributed by atoms with E-state index in [0.29, 0.717) is 37.3 Å². The van der Waals surface area contributed by atoms with E-state index in [2.05, 4.69) is 27.7 Å². The summed E-state index contributed by atoms with van der Waals surface area (Å²) in [7, 11) is 3.21. The Bertz CT molecular complexity index is 1610. The molecule has 46 heavy (non-hydrogen) atoms. The zero-order valence-electron chi connectivity index (χ0n) is 26.3. The van der Waals surface area contributed by atoms with Crippen molar-refractivity contribution in [2.75, 3.05) is 27.3 Å². The van der Waals surface area contributed by atoms with Gasteiger partial charge < -0.3 is 30.5 Å². The molecule has 6 aliphatic carbocycles. The molecule has 4 fully saturated rings. The molecule has 242 valence electrons. The van der Waals surface area contributed by atoms with Gasteiger partial charge in [-0.15, -0.1) is 0 Å². The first-order valence-corrected chi connectivity index (χ1v) is 16.2. The summed E-state index contributed by atoms with van der Waals surface area (Å²) in [5.74, 6) is -1.90. The Hall–Kier alpha value is -4.25. The van der Waals surface area contributed by atoms with Crippen molar-refractivity contribution in [3.8, 4) is 11.5 Å². The van der Waals surface area contributed by atoms with Gasteiger partial charge in [0.15, 0.2) is 0 Å². The summed E-state index contributed by atoms with van der Waals surface area (Å²) >= 11 is 0. The van der Waals surface area contributed by atoms with Crippen LogP contribution in [-0.2, 0) is 19.8 Å². The minimum Gasteiger partial charge on any atom is -0.496 e. The first-order chi connectivity index (χ1) is 22.3. The molecule has 11 heteroatoms. The maximum Gasteiger partial charge on any atom is 0.309 e. The van der Waals surface area contributed by atoms with Gasteiger partial charge in [-0.2, -0.15) is 10.2 Å². The number of carbonyl (C=O) groups excluding carboxylic acids is 2. The van der Waals surface area contributed by atoms with Crippen LogP contribution in [-0.4, -0.2) is 66.7 Å². The fourth-order valence-corrected chi connectivity index (χ4v) is 10.1. The Morgan fingerprint density at radius 1 is 1.15 bits per heavy atom. The summed E-state index contributed by atoms with van der Waals surface area (Å²) in [4.78, 5) is 43.5. The van der Waals surface area contributed by atoms with Crippen LogP contribution in [0.3, 0.4) is 0 Å². The van der Waals surface area contributed by atoms with Crippen molar-refractivity contribution in [2.45, 2.75) is 61.9 Å². The maximum atomic E-state index is 14.9. The molecule has 4 bridgehead atoms. The first kappa shape index (κ1) is 30.4.